The quantitative estimate of drug-likeness (QED) is 0.521. The number of benzene rings is 1. The number of nitro benzene ring substituents is 1. The summed E-state index contributed by atoms with van der Waals surface area (Å²) in [5, 5.41) is 19.9. The van der Waals surface area contributed by atoms with Gasteiger partial charge >= 0.3 is 5.97 Å². The first-order valence-corrected chi connectivity index (χ1v) is 5.16. The topological polar surface area (TPSA) is 80.4 Å². The van der Waals surface area contributed by atoms with Crippen molar-refractivity contribution in [3.05, 3.63) is 38.9 Å². The van der Waals surface area contributed by atoms with Gasteiger partial charge in [-0.05, 0) is 18.6 Å². The lowest BCUT2D eigenvalue weighted by Gasteiger charge is -2.04. The predicted molar refractivity (Wildman–Crippen MR) is 57.4 cm³/mol. The summed E-state index contributed by atoms with van der Waals surface area (Å²) < 4.78 is 0. The Kier molecular flexibility index (Phi) is 3.41. The molecule has 1 rings (SSSR count). The van der Waals surface area contributed by atoms with Crippen LogP contribution in [-0.2, 0) is 5.33 Å². The highest BCUT2D eigenvalue weighted by molar-refractivity contribution is 9.08. The highest BCUT2D eigenvalue weighted by Crippen LogP contribution is 2.25. The molecule has 0 atom stereocenters. The molecule has 1 aromatic rings. The smallest absolute Gasteiger partial charge is 0.336 e. The van der Waals surface area contributed by atoms with Crippen LogP contribution in [0.15, 0.2) is 12.1 Å². The number of nitrogens with zero attached hydrogens (tertiary/aromatic N) is 1. The van der Waals surface area contributed by atoms with Crippen molar-refractivity contribution in [2.75, 3.05) is 0 Å². The fourth-order valence-corrected chi connectivity index (χ4v) is 1.57. The number of carboxylic acid groups (broad SMARTS) is 1. The van der Waals surface area contributed by atoms with Gasteiger partial charge in [0.25, 0.3) is 5.69 Å². The standard InChI is InChI=1S/C9H8BrNO4/c1-5-7(9(12)13)2-6(4-10)3-8(5)11(14)15/h2-3H,4H2,1H3,(H,12,13). The largest absolute Gasteiger partial charge is 0.478 e. The Balaban J connectivity index is 3.47. The number of alkyl halides is 1. The summed E-state index contributed by atoms with van der Waals surface area (Å²) in [7, 11) is 0. The van der Waals surface area contributed by atoms with Crippen LogP contribution in [0.2, 0.25) is 0 Å². The minimum absolute atomic E-state index is 0.0290. The van der Waals surface area contributed by atoms with Crippen molar-refractivity contribution < 1.29 is 14.8 Å². The summed E-state index contributed by atoms with van der Waals surface area (Å²) in [6.45, 7) is 1.43. The van der Waals surface area contributed by atoms with Crippen molar-refractivity contribution >= 4 is 27.6 Å². The number of halogens is 1. The highest BCUT2D eigenvalue weighted by atomic mass is 79.9. The molecule has 0 aliphatic carbocycles. The first kappa shape index (κ1) is 11.6. The van der Waals surface area contributed by atoms with Gasteiger partial charge in [0, 0.05) is 17.0 Å². The van der Waals surface area contributed by atoms with Crippen LogP contribution < -0.4 is 0 Å². The lowest BCUT2D eigenvalue weighted by molar-refractivity contribution is -0.385. The van der Waals surface area contributed by atoms with E-state index in [0.29, 0.717) is 10.9 Å². The minimum atomic E-state index is -1.15. The van der Waals surface area contributed by atoms with E-state index in [2.05, 4.69) is 15.9 Å². The molecule has 0 aromatic heterocycles. The number of hydrogen-bond donors (Lipinski definition) is 1. The van der Waals surface area contributed by atoms with Crippen LogP contribution in [0.25, 0.3) is 0 Å². The van der Waals surface area contributed by atoms with Crippen molar-refractivity contribution in [2.24, 2.45) is 0 Å². The van der Waals surface area contributed by atoms with Crippen LogP contribution in [0, 0.1) is 17.0 Å². The molecule has 6 heteroatoms. The van der Waals surface area contributed by atoms with Gasteiger partial charge in [-0.15, -0.1) is 0 Å². The van der Waals surface area contributed by atoms with E-state index in [1.807, 2.05) is 0 Å². The van der Waals surface area contributed by atoms with E-state index in [1.165, 1.54) is 19.1 Å². The SMILES string of the molecule is Cc1c(C(=O)O)cc(CBr)cc1[N+](=O)[O-]. The van der Waals surface area contributed by atoms with Crippen molar-refractivity contribution in [1.29, 1.82) is 0 Å². The van der Waals surface area contributed by atoms with Crippen LogP contribution in [-0.4, -0.2) is 16.0 Å². The summed E-state index contributed by atoms with van der Waals surface area (Å²) in [4.78, 5) is 20.9. The van der Waals surface area contributed by atoms with E-state index in [0.717, 1.165) is 0 Å². The molecule has 0 spiro atoms. The average Bonchev–Trinajstić information content (AvgIpc) is 2.17. The molecule has 5 nitrogen and oxygen atoms in total. The molecule has 0 heterocycles. The molecule has 0 bridgehead atoms. The first-order chi connectivity index (χ1) is 6.97. The van der Waals surface area contributed by atoms with Gasteiger partial charge in [0.15, 0.2) is 0 Å². The second-order valence-electron chi connectivity index (χ2n) is 2.98. The van der Waals surface area contributed by atoms with Crippen LogP contribution in [0.3, 0.4) is 0 Å². The Hall–Kier alpha value is -1.43. The monoisotopic (exact) mass is 273 g/mol. The van der Waals surface area contributed by atoms with Crippen LogP contribution in [0.5, 0.6) is 0 Å². The van der Waals surface area contributed by atoms with Gasteiger partial charge in [-0.3, -0.25) is 10.1 Å². The average molecular weight is 274 g/mol. The summed E-state index contributed by atoms with van der Waals surface area (Å²) in [5.41, 5.74) is 0.560. The minimum Gasteiger partial charge on any atom is -0.478 e. The van der Waals surface area contributed by atoms with Crippen LogP contribution >= 0.6 is 15.9 Å². The summed E-state index contributed by atoms with van der Waals surface area (Å²) in [6.07, 6.45) is 0. The van der Waals surface area contributed by atoms with Crippen LogP contribution in [0.4, 0.5) is 5.69 Å². The van der Waals surface area contributed by atoms with E-state index in [-0.39, 0.29) is 16.8 Å². The molecule has 1 N–H and O–H groups in total. The zero-order chi connectivity index (χ0) is 11.6. The number of carbonyl (C=O) groups is 1. The maximum atomic E-state index is 10.8. The number of rotatable bonds is 3. The van der Waals surface area contributed by atoms with Gasteiger partial charge in [-0.1, -0.05) is 15.9 Å². The lowest BCUT2D eigenvalue weighted by Crippen LogP contribution is -2.04. The second-order valence-corrected chi connectivity index (χ2v) is 3.54. The molecular weight excluding hydrogens is 266 g/mol. The van der Waals surface area contributed by atoms with Gasteiger partial charge in [0.1, 0.15) is 0 Å². The molecule has 0 fully saturated rings. The molecule has 0 saturated carbocycles. The number of carboxylic acids is 1. The van der Waals surface area contributed by atoms with Gasteiger partial charge in [0.2, 0.25) is 0 Å². The Morgan fingerprint density at radius 3 is 2.60 bits per heavy atom. The third-order valence-corrected chi connectivity index (χ3v) is 2.67. The molecule has 0 amide bonds. The zero-order valence-corrected chi connectivity index (χ0v) is 9.44. The van der Waals surface area contributed by atoms with E-state index < -0.39 is 10.9 Å². The first-order valence-electron chi connectivity index (χ1n) is 4.04. The summed E-state index contributed by atoms with van der Waals surface area (Å²) in [5.74, 6) is -1.15. The van der Waals surface area contributed by atoms with E-state index in [1.54, 1.807) is 0 Å². The van der Waals surface area contributed by atoms with Crippen molar-refractivity contribution in [2.45, 2.75) is 12.3 Å². The molecule has 80 valence electrons. The fraction of sp³-hybridized carbons (Fsp3) is 0.222. The van der Waals surface area contributed by atoms with Gasteiger partial charge < -0.3 is 5.11 Å². The second kappa shape index (κ2) is 4.39. The number of aromatic carboxylic acids is 1. The fourth-order valence-electron chi connectivity index (χ4n) is 1.25. The van der Waals surface area contributed by atoms with E-state index in [9.17, 15) is 14.9 Å². The third kappa shape index (κ3) is 2.33. The molecular formula is C9H8BrNO4. The third-order valence-electron chi connectivity index (χ3n) is 2.02. The van der Waals surface area contributed by atoms with E-state index in [4.69, 9.17) is 5.11 Å². The molecule has 15 heavy (non-hydrogen) atoms. The maximum absolute atomic E-state index is 10.8. The molecule has 0 unspecified atom stereocenters. The molecule has 0 aliphatic rings. The molecule has 0 aliphatic heterocycles. The Morgan fingerprint density at radius 2 is 2.20 bits per heavy atom. The highest BCUT2D eigenvalue weighted by Gasteiger charge is 2.19. The summed E-state index contributed by atoms with van der Waals surface area (Å²) in [6, 6.07) is 2.80. The number of hydrogen-bond acceptors (Lipinski definition) is 3. The number of nitro groups is 1. The van der Waals surface area contributed by atoms with Crippen molar-refractivity contribution in [1.82, 2.24) is 0 Å². The van der Waals surface area contributed by atoms with Gasteiger partial charge in [0.05, 0.1) is 10.5 Å². The Morgan fingerprint density at radius 1 is 1.60 bits per heavy atom. The molecule has 1 aromatic carbocycles. The van der Waals surface area contributed by atoms with Gasteiger partial charge in [-0.25, -0.2) is 4.79 Å². The Bertz CT molecular complexity index is 395. The molecule has 0 radical (unpaired) electrons. The Labute approximate surface area is 94.0 Å². The lowest BCUT2D eigenvalue weighted by atomic mass is 10.0. The normalized spacial score (nSPS) is 10.0. The molecule has 0 saturated heterocycles. The predicted octanol–water partition coefficient (Wildman–Crippen LogP) is 2.50. The zero-order valence-electron chi connectivity index (χ0n) is 7.86. The van der Waals surface area contributed by atoms with E-state index >= 15 is 0 Å². The van der Waals surface area contributed by atoms with Crippen molar-refractivity contribution in [3.8, 4) is 0 Å². The summed E-state index contributed by atoms with van der Waals surface area (Å²) >= 11 is 3.13. The van der Waals surface area contributed by atoms with Crippen LogP contribution in [0.1, 0.15) is 21.5 Å². The maximum Gasteiger partial charge on any atom is 0.336 e. The van der Waals surface area contributed by atoms with Gasteiger partial charge in [-0.2, -0.15) is 0 Å². The van der Waals surface area contributed by atoms with Crippen molar-refractivity contribution in [3.63, 3.8) is 0 Å².